The number of anilines is 1. The van der Waals surface area contributed by atoms with Crippen LogP contribution in [0.2, 0.25) is 5.15 Å². The summed E-state index contributed by atoms with van der Waals surface area (Å²) in [5, 5.41) is 11.1. The third-order valence-electron chi connectivity index (χ3n) is 8.67. The minimum absolute atomic E-state index is 0.0477. The zero-order chi connectivity index (χ0) is 30.8. The molecule has 1 aromatic carbocycles. The quantitative estimate of drug-likeness (QED) is 0.399. The van der Waals surface area contributed by atoms with Crippen LogP contribution in [0.3, 0.4) is 0 Å². The Labute approximate surface area is 250 Å². The molecule has 0 bridgehead atoms. The van der Waals surface area contributed by atoms with Crippen LogP contribution in [0.25, 0.3) is 0 Å². The van der Waals surface area contributed by atoms with Gasteiger partial charge in [0.05, 0.1) is 5.56 Å². The zero-order valence-corrected chi connectivity index (χ0v) is 25.4. The summed E-state index contributed by atoms with van der Waals surface area (Å²) in [5.74, 6) is -0.0478. The number of carbonyl (C=O) groups is 2. The first kappa shape index (κ1) is 32.1. The molecule has 2 amide bonds. The van der Waals surface area contributed by atoms with Gasteiger partial charge in [-0.25, -0.2) is 4.98 Å². The number of piperidine rings is 2. The number of aliphatic hydroxyl groups is 1. The van der Waals surface area contributed by atoms with Gasteiger partial charge in [-0.05, 0) is 67.6 Å². The van der Waals surface area contributed by atoms with Gasteiger partial charge in [0, 0.05) is 45.8 Å². The van der Waals surface area contributed by atoms with Gasteiger partial charge in [0.1, 0.15) is 11.0 Å². The molecule has 2 fully saturated rings. The van der Waals surface area contributed by atoms with E-state index in [9.17, 15) is 27.9 Å². The standard InChI is InChI=1S/C31H40ClF3N4O3/c1-20(2)23-6-5-7-24(19-23)30(42,31(33,34)35)29(41)39-16-12-22(13-17-39)18-21-10-14-38(15-11-21)26-9-8-25(27(32)36-26)28(40)37(3)4/h5-9,19-22,42H,10-18H2,1-4H3. The molecule has 2 aliphatic heterocycles. The maximum atomic E-state index is 14.2. The highest BCUT2D eigenvalue weighted by atomic mass is 35.5. The van der Waals surface area contributed by atoms with E-state index in [1.165, 1.54) is 28.0 Å². The molecule has 2 saturated heterocycles. The Morgan fingerprint density at radius 2 is 1.62 bits per heavy atom. The monoisotopic (exact) mass is 608 g/mol. The van der Waals surface area contributed by atoms with Crippen LogP contribution in [-0.4, -0.2) is 78.2 Å². The van der Waals surface area contributed by atoms with Gasteiger partial charge >= 0.3 is 6.18 Å². The summed E-state index contributed by atoms with van der Waals surface area (Å²) < 4.78 is 42.7. The van der Waals surface area contributed by atoms with Crippen molar-refractivity contribution in [1.29, 1.82) is 0 Å². The third kappa shape index (κ3) is 6.70. The molecule has 0 radical (unpaired) electrons. The van der Waals surface area contributed by atoms with E-state index in [0.717, 1.165) is 38.2 Å². The third-order valence-corrected chi connectivity index (χ3v) is 8.96. The lowest BCUT2D eigenvalue weighted by atomic mass is 9.82. The Morgan fingerprint density at radius 1 is 1.02 bits per heavy atom. The van der Waals surface area contributed by atoms with Gasteiger partial charge in [0.25, 0.3) is 17.4 Å². The van der Waals surface area contributed by atoms with E-state index < -0.39 is 23.2 Å². The van der Waals surface area contributed by atoms with Crippen molar-refractivity contribution in [2.75, 3.05) is 45.2 Å². The second-order valence-corrected chi connectivity index (χ2v) is 12.5. The number of likely N-dealkylation sites (tertiary alicyclic amines) is 1. The van der Waals surface area contributed by atoms with Crippen molar-refractivity contribution in [2.45, 2.75) is 63.6 Å². The number of carbonyl (C=O) groups excluding carboxylic acids is 2. The number of benzene rings is 1. The Bertz CT molecular complexity index is 1270. The van der Waals surface area contributed by atoms with Crippen molar-refractivity contribution in [2.24, 2.45) is 11.8 Å². The molecule has 0 aliphatic carbocycles. The van der Waals surface area contributed by atoms with Crippen molar-refractivity contribution >= 4 is 29.2 Å². The molecule has 2 aliphatic rings. The van der Waals surface area contributed by atoms with E-state index >= 15 is 0 Å². The zero-order valence-electron chi connectivity index (χ0n) is 24.6. The van der Waals surface area contributed by atoms with Crippen LogP contribution in [0.15, 0.2) is 36.4 Å². The predicted molar refractivity (Wildman–Crippen MR) is 157 cm³/mol. The summed E-state index contributed by atoms with van der Waals surface area (Å²) in [6.07, 6.45) is -1.12. The van der Waals surface area contributed by atoms with Gasteiger partial charge in [-0.2, -0.15) is 13.2 Å². The normalized spacial score (nSPS) is 18.7. The van der Waals surface area contributed by atoms with Crippen LogP contribution in [0.4, 0.5) is 19.0 Å². The average molecular weight is 609 g/mol. The number of hydrogen-bond acceptors (Lipinski definition) is 5. The maximum absolute atomic E-state index is 14.2. The number of pyridine rings is 1. The van der Waals surface area contributed by atoms with E-state index in [0.29, 0.717) is 35.8 Å². The molecule has 11 heteroatoms. The summed E-state index contributed by atoms with van der Waals surface area (Å²) in [6.45, 7) is 5.65. The first-order valence-corrected chi connectivity index (χ1v) is 14.9. The van der Waals surface area contributed by atoms with Crippen molar-refractivity contribution < 1.29 is 27.9 Å². The number of hydrogen-bond donors (Lipinski definition) is 1. The summed E-state index contributed by atoms with van der Waals surface area (Å²) in [4.78, 5) is 34.7. The van der Waals surface area contributed by atoms with E-state index in [1.807, 2.05) is 19.9 Å². The van der Waals surface area contributed by atoms with Crippen LogP contribution in [-0.2, 0) is 10.4 Å². The van der Waals surface area contributed by atoms with E-state index in [-0.39, 0.29) is 30.1 Å². The minimum Gasteiger partial charge on any atom is -0.369 e. The highest BCUT2D eigenvalue weighted by molar-refractivity contribution is 6.32. The molecule has 3 heterocycles. The minimum atomic E-state index is -5.15. The SMILES string of the molecule is CC(C)c1cccc(C(O)(C(=O)N2CCC(CC3CCN(c4ccc(C(=O)N(C)C)c(Cl)n4)CC3)CC2)C(F)(F)F)c1. The first-order chi connectivity index (χ1) is 19.7. The fourth-order valence-electron chi connectivity index (χ4n) is 6.00. The molecule has 42 heavy (non-hydrogen) atoms. The lowest BCUT2D eigenvalue weighted by molar-refractivity contribution is -0.262. The summed E-state index contributed by atoms with van der Waals surface area (Å²) >= 11 is 6.29. The second kappa shape index (κ2) is 12.8. The van der Waals surface area contributed by atoms with Gasteiger partial charge in [-0.3, -0.25) is 9.59 Å². The Morgan fingerprint density at radius 3 is 2.14 bits per heavy atom. The molecule has 1 aromatic heterocycles. The molecule has 1 N–H and O–H groups in total. The number of nitrogens with zero attached hydrogens (tertiary/aromatic N) is 4. The van der Waals surface area contributed by atoms with Crippen LogP contribution in [0, 0.1) is 11.8 Å². The molecule has 0 saturated carbocycles. The molecule has 4 rings (SSSR count). The molecule has 2 aromatic rings. The topological polar surface area (TPSA) is 77.0 Å². The molecule has 230 valence electrons. The lowest BCUT2D eigenvalue weighted by Gasteiger charge is -2.40. The molecule has 7 nitrogen and oxygen atoms in total. The van der Waals surface area contributed by atoms with Gasteiger partial charge in [0.15, 0.2) is 0 Å². The largest absolute Gasteiger partial charge is 0.430 e. The fraction of sp³-hybridized carbons (Fsp3) is 0.581. The van der Waals surface area contributed by atoms with Crippen molar-refractivity contribution in [3.05, 3.63) is 58.2 Å². The lowest BCUT2D eigenvalue weighted by Crippen LogP contribution is -2.57. The molecular formula is C31H40ClF3N4O3. The highest BCUT2D eigenvalue weighted by Gasteiger charge is 2.62. The van der Waals surface area contributed by atoms with Gasteiger partial charge in [-0.15, -0.1) is 0 Å². The molecule has 1 atom stereocenters. The number of rotatable bonds is 7. The summed E-state index contributed by atoms with van der Waals surface area (Å²) in [5.41, 5.74) is -3.02. The number of amides is 2. The fourth-order valence-corrected chi connectivity index (χ4v) is 6.23. The van der Waals surface area contributed by atoms with Crippen LogP contribution >= 0.6 is 11.6 Å². The van der Waals surface area contributed by atoms with Crippen molar-refractivity contribution in [3.63, 3.8) is 0 Å². The predicted octanol–water partition coefficient (Wildman–Crippen LogP) is 5.86. The number of halogens is 4. The van der Waals surface area contributed by atoms with Crippen molar-refractivity contribution in [1.82, 2.24) is 14.8 Å². The molecule has 0 spiro atoms. The Balaban J connectivity index is 1.32. The maximum Gasteiger partial charge on any atom is 0.430 e. The van der Waals surface area contributed by atoms with Crippen LogP contribution in [0.5, 0.6) is 0 Å². The second-order valence-electron chi connectivity index (χ2n) is 12.1. The highest BCUT2D eigenvalue weighted by Crippen LogP contribution is 2.42. The average Bonchev–Trinajstić information content (AvgIpc) is 2.96. The Hall–Kier alpha value is -2.85. The first-order valence-electron chi connectivity index (χ1n) is 14.5. The van der Waals surface area contributed by atoms with Gasteiger partial charge in [0.2, 0.25) is 0 Å². The van der Waals surface area contributed by atoms with Gasteiger partial charge < -0.3 is 19.8 Å². The van der Waals surface area contributed by atoms with E-state index in [2.05, 4.69) is 9.88 Å². The summed E-state index contributed by atoms with van der Waals surface area (Å²) in [7, 11) is 3.32. The van der Waals surface area contributed by atoms with E-state index in [1.54, 1.807) is 26.2 Å². The number of alkyl halides is 3. The van der Waals surface area contributed by atoms with Crippen LogP contribution in [0.1, 0.15) is 73.4 Å². The summed E-state index contributed by atoms with van der Waals surface area (Å²) in [6, 6.07) is 9.14. The van der Waals surface area contributed by atoms with E-state index in [4.69, 9.17) is 11.6 Å². The molecular weight excluding hydrogens is 569 g/mol. The molecule has 1 unspecified atom stereocenters. The van der Waals surface area contributed by atoms with Gasteiger partial charge in [-0.1, -0.05) is 49.7 Å². The number of aromatic nitrogens is 1. The van der Waals surface area contributed by atoms with Crippen LogP contribution < -0.4 is 4.90 Å². The smallest absolute Gasteiger partial charge is 0.369 e. The van der Waals surface area contributed by atoms with Crippen molar-refractivity contribution in [3.8, 4) is 0 Å². The Kier molecular flexibility index (Phi) is 9.77.